The number of amides is 1. The Balaban J connectivity index is 1.17. The predicted octanol–water partition coefficient (Wildman–Crippen LogP) is 4.59. The molecule has 0 bridgehead atoms. The van der Waals surface area contributed by atoms with E-state index in [1.165, 1.54) is 12.4 Å². The van der Waals surface area contributed by atoms with Crippen molar-refractivity contribution in [2.24, 2.45) is 0 Å². The van der Waals surface area contributed by atoms with Gasteiger partial charge in [0.25, 0.3) is 17.0 Å². The van der Waals surface area contributed by atoms with Crippen LogP contribution in [0.4, 0.5) is 26.1 Å². The molecule has 0 aliphatic carbocycles. The zero-order chi connectivity index (χ0) is 35.4. The number of nitrogens with zero attached hydrogens (tertiary/aromatic N) is 6. The van der Waals surface area contributed by atoms with Gasteiger partial charge < -0.3 is 20.3 Å². The topological polar surface area (TPSA) is 136 Å². The standard InChI is InChI=1S/C36H36F2N8O4/c1-22(2)46-32-28(19-41-36(43-32)42-25-7-9-26(10-8-25)44-13-15-50-16-14-44)23(3)27(35(46)49)5-4-12-40-33(47)29-18-39-21-45(34(29)48)20-24-6-11-30(37)31(38)17-24/h4-11,17-19,21-22H,12-16,20H2,1-3H3,(H,40,47)(H,41,42,43). The van der Waals surface area contributed by atoms with E-state index in [0.717, 1.165) is 47.4 Å². The first-order chi connectivity index (χ1) is 24.1. The first-order valence-electron chi connectivity index (χ1n) is 16.2. The van der Waals surface area contributed by atoms with Crippen molar-refractivity contribution >= 4 is 40.3 Å². The van der Waals surface area contributed by atoms with Gasteiger partial charge in [-0.25, -0.2) is 18.7 Å². The van der Waals surface area contributed by atoms with E-state index in [9.17, 15) is 23.2 Å². The van der Waals surface area contributed by atoms with Crippen LogP contribution in [0.3, 0.4) is 0 Å². The minimum atomic E-state index is -1.04. The highest BCUT2D eigenvalue weighted by molar-refractivity contribution is 5.93. The number of pyridine rings is 1. The zero-order valence-electron chi connectivity index (χ0n) is 27.8. The molecule has 50 heavy (non-hydrogen) atoms. The van der Waals surface area contributed by atoms with Gasteiger partial charge in [-0.1, -0.05) is 18.2 Å². The normalized spacial score (nSPS) is 13.4. The molecule has 0 spiro atoms. The predicted molar refractivity (Wildman–Crippen MR) is 187 cm³/mol. The second-order valence-corrected chi connectivity index (χ2v) is 12.1. The van der Waals surface area contributed by atoms with Crippen LogP contribution >= 0.6 is 0 Å². The van der Waals surface area contributed by atoms with Crippen LogP contribution in [-0.2, 0) is 11.3 Å². The Bertz CT molecular complexity index is 2190. The molecule has 12 nitrogen and oxygen atoms in total. The number of carbonyl (C=O) groups excluding carboxylic acids is 1. The van der Waals surface area contributed by atoms with Crippen molar-refractivity contribution in [3.63, 3.8) is 0 Å². The number of hydrogen-bond acceptors (Lipinski definition) is 9. The lowest BCUT2D eigenvalue weighted by Crippen LogP contribution is -2.36. The Morgan fingerprint density at radius 2 is 1.78 bits per heavy atom. The maximum Gasteiger partial charge on any atom is 0.266 e. The quantitative estimate of drug-likeness (QED) is 0.217. The Hall–Kier alpha value is -5.76. The van der Waals surface area contributed by atoms with Crippen molar-refractivity contribution in [2.45, 2.75) is 33.4 Å². The van der Waals surface area contributed by atoms with Crippen LogP contribution in [0.2, 0.25) is 0 Å². The van der Waals surface area contributed by atoms with Gasteiger partial charge in [0.1, 0.15) is 11.2 Å². The molecule has 0 saturated carbocycles. The van der Waals surface area contributed by atoms with Crippen molar-refractivity contribution in [1.82, 2.24) is 29.4 Å². The van der Waals surface area contributed by atoms with E-state index in [1.54, 1.807) is 22.9 Å². The maximum absolute atomic E-state index is 13.8. The summed E-state index contributed by atoms with van der Waals surface area (Å²) in [4.78, 5) is 55.1. The molecule has 5 aromatic rings. The molecule has 6 rings (SSSR count). The lowest BCUT2D eigenvalue weighted by Gasteiger charge is -2.28. The van der Waals surface area contributed by atoms with Crippen LogP contribution in [-0.4, -0.2) is 62.8 Å². The Kier molecular flexibility index (Phi) is 10.1. The van der Waals surface area contributed by atoms with Gasteiger partial charge in [0.05, 0.1) is 26.1 Å². The van der Waals surface area contributed by atoms with Crippen LogP contribution in [0, 0.1) is 18.6 Å². The molecule has 1 aliphatic rings. The van der Waals surface area contributed by atoms with E-state index in [1.807, 2.05) is 45.0 Å². The van der Waals surface area contributed by atoms with Crippen molar-refractivity contribution in [1.29, 1.82) is 0 Å². The van der Waals surface area contributed by atoms with Crippen molar-refractivity contribution in [3.8, 4) is 0 Å². The molecule has 4 heterocycles. The lowest BCUT2D eigenvalue weighted by atomic mass is 10.1. The summed E-state index contributed by atoms with van der Waals surface area (Å²) in [6.45, 7) is 8.63. The van der Waals surface area contributed by atoms with Crippen molar-refractivity contribution in [3.05, 3.63) is 122 Å². The lowest BCUT2D eigenvalue weighted by molar-refractivity contribution is 0.0955. The molecule has 1 amide bonds. The number of ether oxygens (including phenoxy) is 1. The highest BCUT2D eigenvalue weighted by Gasteiger charge is 2.18. The molecule has 14 heteroatoms. The van der Waals surface area contributed by atoms with E-state index >= 15 is 0 Å². The molecule has 1 aliphatic heterocycles. The molecule has 1 fully saturated rings. The summed E-state index contributed by atoms with van der Waals surface area (Å²) in [7, 11) is 0. The number of hydrogen-bond donors (Lipinski definition) is 2. The number of nitrogens with one attached hydrogen (secondary N) is 2. The zero-order valence-corrected chi connectivity index (χ0v) is 27.8. The van der Waals surface area contributed by atoms with Gasteiger partial charge in [0.2, 0.25) is 5.95 Å². The second-order valence-electron chi connectivity index (χ2n) is 12.1. The van der Waals surface area contributed by atoms with Crippen LogP contribution in [0.5, 0.6) is 0 Å². The highest BCUT2D eigenvalue weighted by atomic mass is 19.2. The van der Waals surface area contributed by atoms with Gasteiger partial charge in [-0.15, -0.1) is 0 Å². The molecule has 2 aromatic carbocycles. The Morgan fingerprint density at radius 3 is 2.50 bits per heavy atom. The van der Waals surface area contributed by atoms with Crippen LogP contribution in [0.1, 0.15) is 46.9 Å². The fourth-order valence-corrected chi connectivity index (χ4v) is 5.77. The van der Waals surface area contributed by atoms with Gasteiger partial charge in [-0.2, -0.15) is 4.98 Å². The van der Waals surface area contributed by atoms with Gasteiger partial charge in [-0.05, 0) is 68.3 Å². The highest BCUT2D eigenvalue weighted by Crippen LogP contribution is 2.24. The molecule has 2 N–H and O–H groups in total. The summed E-state index contributed by atoms with van der Waals surface area (Å²) in [5.41, 5.74) is 2.73. The largest absolute Gasteiger partial charge is 0.378 e. The summed E-state index contributed by atoms with van der Waals surface area (Å²) in [6, 6.07) is 11.1. The summed E-state index contributed by atoms with van der Waals surface area (Å²) in [5, 5.41) is 6.59. The average Bonchev–Trinajstić information content (AvgIpc) is 3.11. The summed E-state index contributed by atoms with van der Waals surface area (Å²) >= 11 is 0. The Labute approximate surface area is 286 Å². The number of fused-ring (bicyclic) bond motifs is 1. The van der Waals surface area contributed by atoms with Gasteiger partial charge in [0.15, 0.2) is 11.6 Å². The number of rotatable bonds is 10. The molecule has 0 atom stereocenters. The van der Waals surface area contributed by atoms with Gasteiger partial charge >= 0.3 is 0 Å². The number of halogens is 2. The fraction of sp³-hybridized carbons (Fsp3) is 0.278. The molecule has 0 unspecified atom stereocenters. The Morgan fingerprint density at radius 1 is 1.02 bits per heavy atom. The van der Waals surface area contributed by atoms with E-state index in [4.69, 9.17) is 9.72 Å². The van der Waals surface area contributed by atoms with E-state index in [0.29, 0.717) is 46.9 Å². The third-order valence-electron chi connectivity index (χ3n) is 8.42. The third kappa shape index (κ3) is 7.29. The summed E-state index contributed by atoms with van der Waals surface area (Å²) in [5.74, 6) is -2.36. The van der Waals surface area contributed by atoms with E-state index in [-0.39, 0.29) is 30.3 Å². The van der Waals surface area contributed by atoms with Crippen LogP contribution in [0.15, 0.2) is 76.9 Å². The summed E-state index contributed by atoms with van der Waals surface area (Å²) in [6.07, 6.45) is 7.29. The first kappa shape index (κ1) is 34.1. The minimum Gasteiger partial charge on any atom is -0.378 e. The van der Waals surface area contributed by atoms with Gasteiger partial charge in [-0.3, -0.25) is 23.5 Å². The number of aromatic nitrogens is 5. The maximum atomic E-state index is 13.8. The summed E-state index contributed by atoms with van der Waals surface area (Å²) < 4.78 is 35.1. The number of anilines is 3. The minimum absolute atomic E-state index is 0.0125. The molecule has 3 aromatic heterocycles. The molecular formula is C36H36F2N8O4. The first-order valence-corrected chi connectivity index (χ1v) is 16.2. The number of aryl methyl sites for hydroxylation is 1. The van der Waals surface area contributed by atoms with E-state index < -0.39 is 23.1 Å². The fourth-order valence-electron chi connectivity index (χ4n) is 5.77. The molecular weight excluding hydrogens is 646 g/mol. The van der Waals surface area contributed by atoms with Crippen molar-refractivity contribution < 1.29 is 18.3 Å². The van der Waals surface area contributed by atoms with Gasteiger partial charge in [0, 0.05) is 60.4 Å². The smallest absolute Gasteiger partial charge is 0.266 e. The van der Waals surface area contributed by atoms with E-state index in [2.05, 4.69) is 25.5 Å². The number of benzene rings is 2. The second kappa shape index (κ2) is 14.8. The molecule has 0 radical (unpaired) electrons. The number of morpholine rings is 1. The SMILES string of the molecule is Cc1c(C=CCNC(=O)c2cncn(Cc3ccc(F)c(F)c3)c2=O)c(=O)n(C(C)C)c2nc(Nc3ccc(N4CCOCC4)cc3)ncc12. The molecule has 258 valence electrons. The number of carbonyl (C=O) groups is 1. The van der Waals surface area contributed by atoms with Crippen molar-refractivity contribution in [2.75, 3.05) is 43.1 Å². The van der Waals surface area contributed by atoms with Crippen LogP contribution < -0.4 is 26.7 Å². The van der Waals surface area contributed by atoms with Crippen LogP contribution in [0.25, 0.3) is 17.1 Å². The third-order valence-corrected chi connectivity index (χ3v) is 8.42. The average molecular weight is 683 g/mol. The monoisotopic (exact) mass is 682 g/mol. The molecule has 1 saturated heterocycles.